The number of hydrogen-bond donors (Lipinski definition) is 3. The maximum atomic E-state index is 12.6. The van der Waals surface area contributed by atoms with Crippen LogP contribution in [0.5, 0.6) is 0 Å². The van der Waals surface area contributed by atoms with Crippen LogP contribution in [0.1, 0.15) is 49.6 Å². The minimum absolute atomic E-state index is 0.0626. The first-order valence-corrected chi connectivity index (χ1v) is 13.4. The van der Waals surface area contributed by atoms with E-state index in [9.17, 15) is 14.4 Å². The number of nitrogens with one attached hydrogen (secondary N) is 2. The van der Waals surface area contributed by atoms with Crippen molar-refractivity contribution in [1.29, 1.82) is 0 Å². The molecule has 3 amide bonds. The average molecular weight is 554 g/mol. The van der Waals surface area contributed by atoms with Gasteiger partial charge in [0.25, 0.3) is 5.91 Å². The normalized spacial score (nSPS) is 12.1. The Morgan fingerprint density at radius 3 is 2.40 bits per heavy atom. The molecule has 2 aromatic rings. The van der Waals surface area contributed by atoms with E-state index in [1.165, 1.54) is 11.0 Å². The van der Waals surface area contributed by atoms with Crippen molar-refractivity contribution in [2.45, 2.75) is 52.6 Å². The number of anilines is 3. The first-order chi connectivity index (χ1) is 18.8. The third kappa shape index (κ3) is 9.01. The van der Waals surface area contributed by atoms with Crippen LogP contribution in [0.4, 0.5) is 17.3 Å². The molecule has 0 bridgehead atoms. The van der Waals surface area contributed by atoms with Gasteiger partial charge in [-0.25, -0.2) is 9.97 Å². The van der Waals surface area contributed by atoms with E-state index in [-0.39, 0.29) is 29.4 Å². The highest BCUT2D eigenvalue weighted by atomic mass is 16.2. The van der Waals surface area contributed by atoms with Gasteiger partial charge in [-0.2, -0.15) is 0 Å². The molecule has 12 nitrogen and oxygen atoms in total. The summed E-state index contributed by atoms with van der Waals surface area (Å²) in [6, 6.07) is 3.11. The van der Waals surface area contributed by atoms with Crippen molar-refractivity contribution in [3.63, 3.8) is 0 Å². The molecule has 2 aromatic heterocycles. The van der Waals surface area contributed by atoms with E-state index in [4.69, 9.17) is 10.7 Å². The SMILES string of the molecule is CCc1nc(C(N)=O)c(Nc2ccnc(CCNC(=O)[C@H](C)N(C)C(=O)/C=C/CN(C)C)c2)nc1N(C)C(C)C. The molecule has 40 heavy (non-hydrogen) atoms. The molecule has 12 heteroatoms. The predicted molar refractivity (Wildman–Crippen MR) is 158 cm³/mol. The van der Waals surface area contributed by atoms with Crippen molar-refractivity contribution in [2.24, 2.45) is 5.73 Å². The van der Waals surface area contributed by atoms with E-state index in [1.54, 1.807) is 32.3 Å². The fourth-order valence-corrected chi connectivity index (χ4v) is 3.62. The van der Waals surface area contributed by atoms with E-state index in [0.29, 0.717) is 48.8 Å². The third-order valence-corrected chi connectivity index (χ3v) is 6.42. The van der Waals surface area contributed by atoms with Crippen molar-refractivity contribution in [1.82, 2.24) is 30.1 Å². The van der Waals surface area contributed by atoms with Crippen molar-refractivity contribution in [3.05, 3.63) is 47.6 Å². The largest absolute Gasteiger partial charge is 0.364 e. The van der Waals surface area contributed by atoms with Gasteiger partial charge in [-0.1, -0.05) is 13.0 Å². The van der Waals surface area contributed by atoms with Gasteiger partial charge in [-0.05, 0) is 53.4 Å². The first kappa shape index (κ1) is 32.2. The number of carbonyl (C=O) groups is 3. The lowest BCUT2D eigenvalue weighted by atomic mass is 10.2. The zero-order valence-electron chi connectivity index (χ0n) is 24.9. The standard InChI is InChI=1S/C28H43N9O3/c1-9-22-27(36(7)18(2)3)34-26(24(33-22)25(29)39)32-21-13-14-30-20(17-21)12-15-31-28(40)19(4)37(8)23(38)11-10-16-35(5)6/h10-11,13-14,17-19H,9,12,15-16H2,1-8H3,(H2,29,39)(H,31,40)(H,30,32,34)/b11-10+/t19-/m0/s1. The fourth-order valence-electron chi connectivity index (χ4n) is 3.62. The number of nitrogens with zero attached hydrogens (tertiary/aromatic N) is 6. The van der Waals surface area contributed by atoms with Gasteiger partial charge in [0, 0.05) is 63.3 Å². The van der Waals surface area contributed by atoms with Gasteiger partial charge < -0.3 is 31.1 Å². The molecule has 2 rings (SSSR count). The number of amides is 3. The van der Waals surface area contributed by atoms with Crippen molar-refractivity contribution < 1.29 is 14.4 Å². The van der Waals surface area contributed by atoms with Crippen LogP contribution < -0.4 is 21.3 Å². The van der Waals surface area contributed by atoms with Crippen LogP contribution in [-0.2, 0) is 22.4 Å². The topological polar surface area (TPSA) is 150 Å². The molecular formula is C28H43N9O3. The molecule has 4 N–H and O–H groups in total. The molecule has 0 saturated heterocycles. The zero-order chi connectivity index (χ0) is 30.0. The number of likely N-dealkylation sites (N-methyl/N-ethyl adjacent to an activating group) is 2. The zero-order valence-corrected chi connectivity index (χ0v) is 24.9. The molecule has 2 heterocycles. The van der Waals surface area contributed by atoms with Gasteiger partial charge in [-0.3, -0.25) is 19.4 Å². The highest BCUT2D eigenvalue weighted by Gasteiger charge is 2.22. The summed E-state index contributed by atoms with van der Waals surface area (Å²) in [4.78, 5) is 56.1. The summed E-state index contributed by atoms with van der Waals surface area (Å²) in [6.45, 7) is 8.70. The number of carbonyl (C=O) groups excluding carboxylic acids is 3. The van der Waals surface area contributed by atoms with E-state index < -0.39 is 11.9 Å². The monoisotopic (exact) mass is 553 g/mol. The average Bonchev–Trinajstić information content (AvgIpc) is 2.91. The molecule has 1 atom stereocenters. The third-order valence-electron chi connectivity index (χ3n) is 6.42. The molecule has 0 aliphatic heterocycles. The molecule has 218 valence electrons. The molecule has 0 fully saturated rings. The van der Waals surface area contributed by atoms with Crippen LogP contribution in [0.3, 0.4) is 0 Å². The maximum Gasteiger partial charge on any atom is 0.271 e. The highest BCUT2D eigenvalue weighted by molar-refractivity contribution is 5.96. The molecule has 0 spiro atoms. The minimum Gasteiger partial charge on any atom is -0.364 e. The Kier molecular flexibility index (Phi) is 12.0. The van der Waals surface area contributed by atoms with Gasteiger partial charge in [-0.15, -0.1) is 0 Å². The van der Waals surface area contributed by atoms with Crippen molar-refractivity contribution in [2.75, 3.05) is 51.5 Å². The summed E-state index contributed by atoms with van der Waals surface area (Å²) in [5.74, 6) is -0.235. The van der Waals surface area contributed by atoms with Crippen LogP contribution in [0.25, 0.3) is 0 Å². The second-order valence-electron chi connectivity index (χ2n) is 10.1. The van der Waals surface area contributed by atoms with E-state index in [1.807, 2.05) is 57.8 Å². The van der Waals surface area contributed by atoms with Gasteiger partial charge in [0.2, 0.25) is 11.8 Å². The van der Waals surface area contributed by atoms with Crippen LogP contribution in [0, 0.1) is 0 Å². The van der Waals surface area contributed by atoms with Crippen LogP contribution in [-0.4, -0.2) is 95.8 Å². The van der Waals surface area contributed by atoms with Crippen LogP contribution in [0.15, 0.2) is 30.5 Å². The quantitative estimate of drug-likeness (QED) is 0.297. The number of hydrogen-bond acceptors (Lipinski definition) is 9. The summed E-state index contributed by atoms with van der Waals surface area (Å²) in [5.41, 5.74) is 7.74. The molecule has 0 aromatic carbocycles. The molecule has 0 radical (unpaired) electrons. The van der Waals surface area contributed by atoms with Gasteiger partial charge >= 0.3 is 0 Å². The van der Waals surface area contributed by atoms with Gasteiger partial charge in [0.1, 0.15) is 6.04 Å². The van der Waals surface area contributed by atoms with Crippen molar-refractivity contribution in [3.8, 4) is 0 Å². The predicted octanol–water partition coefficient (Wildman–Crippen LogP) is 1.74. The summed E-state index contributed by atoms with van der Waals surface area (Å²) in [5, 5.41) is 6.03. The number of nitrogens with two attached hydrogens (primary N) is 1. The molecule has 0 aliphatic rings. The van der Waals surface area contributed by atoms with E-state index in [2.05, 4.69) is 20.6 Å². The minimum atomic E-state index is -0.675. The maximum absolute atomic E-state index is 12.6. The highest BCUT2D eigenvalue weighted by Crippen LogP contribution is 2.25. The second kappa shape index (κ2) is 14.9. The Hall–Kier alpha value is -4.06. The smallest absolute Gasteiger partial charge is 0.271 e. The Balaban J connectivity index is 2.09. The first-order valence-electron chi connectivity index (χ1n) is 13.4. The van der Waals surface area contributed by atoms with Gasteiger partial charge in [0.15, 0.2) is 17.3 Å². The lowest BCUT2D eigenvalue weighted by molar-refractivity contribution is -0.135. The summed E-state index contributed by atoms with van der Waals surface area (Å²) < 4.78 is 0. The Labute approximate surface area is 237 Å². The molecule has 0 aliphatic carbocycles. The Morgan fingerprint density at radius 2 is 1.80 bits per heavy atom. The summed E-state index contributed by atoms with van der Waals surface area (Å²) in [6.07, 6.45) is 5.92. The summed E-state index contributed by atoms with van der Waals surface area (Å²) >= 11 is 0. The Bertz CT molecular complexity index is 1210. The summed E-state index contributed by atoms with van der Waals surface area (Å²) in [7, 11) is 7.35. The number of aromatic nitrogens is 3. The van der Waals surface area contributed by atoms with Crippen molar-refractivity contribution >= 4 is 35.0 Å². The van der Waals surface area contributed by atoms with Crippen LogP contribution in [0.2, 0.25) is 0 Å². The number of pyridine rings is 1. The van der Waals surface area contributed by atoms with E-state index >= 15 is 0 Å². The molecule has 0 saturated carbocycles. The fraction of sp³-hybridized carbons (Fsp3) is 0.500. The van der Waals surface area contributed by atoms with Crippen LogP contribution >= 0.6 is 0 Å². The number of rotatable bonds is 14. The second-order valence-corrected chi connectivity index (χ2v) is 10.1. The van der Waals surface area contributed by atoms with Gasteiger partial charge in [0.05, 0.1) is 5.69 Å². The Morgan fingerprint density at radius 1 is 1.10 bits per heavy atom. The number of primary amides is 1. The van der Waals surface area contributed by atoms with E-state index in [0.717, 1.165) is 0 Å². The lowest BCUT2D eigenvalue weighted by Gasteiger charge is -2.25. The molecule has 0 unspecified atom stereocenters. The number of aryl methyl sites for hydroxylation is 1. The lowest BCUT2D eigenvalue weighted by Crippen LogP contribution is -2.45. The molecular weight excluding hydrogens is 510 g/mol.